The lowest BCUT2D eigenvalue weighted by Crippen LogP contribution is -2.08. The first-order valence-corrected chi connectivity index (χ1v) is 7.05. The third-order valence-electron chi connectivity index (χ3n) is 3.57. The number of nitro groups is 1. The lowest BCUT2D eigenvalue weighted by atomic mass is 9.93. The molecular weight excluding hydrogens is 266 g/mol. The van der Waals surface area contributed by atoms with Crippen LogP contribution in [0.4, 0.5) is 0 Å². The van der Waals surface area contributed by atoms with Crippen molar-refractivity contribution in [3.63, 3.8) is 0 Å². The molecule has 1 aromatic heterocycles. The molecule has 0 aromatic carbocycles. The Bertz CT molecular complexity index is 568. The molecule has 1 rings (SSSR count). The van der Waals surface area contributed by atoms with E-state index in [1.54, 1.807) is 16.8 Å². The number of allylic oxidation sites excluding steroid dienone is 5. The highest BCUT2D eigenvalue weighted by Crippen LogP contribution is 2.16. The normalized spacial score (nSPS) is 14.3. The molecular formula is C16H23N3O2. The van der Waals surface area contributed by atoms with Gasteiger partial charge in [-0.15, -0.1) is 0 Å². The average molecular weight is 289 g/mol. The third kappa shape index (κ3) is 5.02. The van der Waals surface area contributed by atoms with Crippen molar-refractivity contribution in [2.45, 2.75) is 34.1 Å². The molecule has 1 aromatic rings. The zero-order valence-corrected chi connectivity index (χ0v) is 13.1. The number of hydrogen-bond donors (Lipinski definition) is 0. The standard InChI is InChI=1S/C16H23N3O2/c1-6-16(8-7-14(5)19(20)21)18-10-9-15(17-18)11-13(4)12(2)3/h6-10,12-13H,1,11H2,2-5H3/b14-7+,16-8+/t13-/m0/s1. The van der Waals surface area contributed by atoms with Gasteiger partial charge in [0.15, 0.2) is 0 Å². The van der Waals surface area contributed by atoms with Gasteiger partial charge in [-0.05, 0) is 36.5 Å². The topological polar surface area (TPSA) is 61.0 Å². The van der Waals surface area contributed by atoms with Gasteiger partial charge >= 0.3 is 0 Å². The van der Waals surface area contributed by atoms with Gasteiger partial charge in [-0.1, -0.05) is 27.4 Å². The van der Waals surface area contributed by atoms with E-state index in [2.05, 4.69) is 32.4 Å². The fourth-order valence-electron chi connectivity index (χ4n) is 1.68. The third-order valence-corrected chi connectivity index (χ3v) is 3.57. The van der Waals surface area contributed by atoms with E-state index in [9.17, 15) is 10.1 Å². The summed E-state index contributed by atoms with van der Waals surface area (Å²) in [6.07, 6.45) is 7.50. The maximum Gasteiger partial charge on any atom is 0.243 e. The Labute approximate surface area is 125 Å². The molecule has 0 aliphatic carbocycles. The molecule has 0 unspecified atom stereocenters. The van der Waals surface area contributed by atoms with Gasteiger partial charge in [0, 0.05) is 19.2 Å². The fourth-order valence-corrected chi connectivity index (χ4v) is 1.68. The molecule has 114 valence electrons. The second-order valence-corrected chi connectivity index (χ2v) is 5.54. The number of aromatic nitrogens is 2. The quantitative estimate of drug-likeness (QED) is 0.434. The highest BCUT2D eigenvalue weighted by molar-refractivity contribution is 5.57. The van der Waals surface area contributed by atoms with Crippen molar-refractivity contribution in [3.05, 3.63) is 58.6 Å². The first-order valence-electron chi connectivity index (χ1n) is 7.05. The van der Waals surface area contributed by atoms with Crippen LogP contribution in [0.5, 0.6) is 0 Å². The summed E-state index contributed by atoms with van der Waals surface area (Å²) in [7, 11) is 0. The molecule has 1 atom stereocenters. The Morgan fingerprint density at radius 3 is 2.67 bits per heavy atom. The highest BCUT2D eigenvalue weighted by atomic mass is 16.6. The molecule has 0 saturated heterocycles. The molecule has 0 bridgehead atoms. The summed E-state index contributed by atoms with van der Waals surface area (Å²) >= 11 is 0. The van der Waals surface area contributed by atoms with Crippen molar-refractivity contribution in [1.29, 1.82) is 0 Å². The SMILES string of the molecule is C=C/C(=C\C=C(/C)[N+](=O)[O-])n1ccc(C[C@H](C)C(C)C)n1. The van der Waals surface area contributed by atoms with Crippen LogP contribution in [0.15, 0.2) is 42.8 Å². The molecule has 1 heterocycles. The van der Waals surface area contributed by atoms with Crippen LogP contribution in [0.1, 0.15) is 33.4 Å². The van der Waals surface area contributed by atoms with Crippen molar-refractivity contribution in [2.24, 2.45) is 11.8 Å². The van der Waals surface area contributed by atoms with Crippen molar-refractivity contribution in [2.75, 3.05) is 0 Å². The van der Waals surface area contributed by atoms with Crippen molar-refractivity contribution in [3.8, 4) is 0 Å². The molecule has 0 N–H and O–H groups in total. The summed E-state index contributed by atoms with van der Waals surface area (Å²) in [6, 6.07) is 1.97. The Morgan fingerprint density at radius 2 is 2.14 bits per heavy atom. The van der Waals surface area contributed by atoms with Crippen molar-refractivity contribution >= 4 is 5.70 Å². The Morgan fingerprint density at radius 1 is 1.48 bits per heavy atom. The second kappa shape index (κ2) is 7.57. The second-order valence-electron chi connectivity index (χ2n) is 5.54. The van der Waals surface area contributed by atoms with Gasteiger partial charge in [0.2, 0.25) is 5.70 Å². The molecule has 0 aliphatic rings. The largest absolute Gasteiger partial charge is 0.259 e. The summed E-state index contributed by atoms with van der Waals surface area (Å²) < 4.78 is 1.69. The lowest BCUT2D eigenvalue weighted by Gasteiger charge is -2.13. The predicted octanol–water partition coefficient (Wildman–Crippen LogP) is 3.93. The van der Waals surface area contributed by atoms with Crippen molar-refractivity contribution in [1.82, 2.24) is 9.78 Å². The minimum absolute atomic E-state index is 0.0789. The molecule has 0 saturated carbocycles. The maximum absolute atomic E-state index is 10.6. The molecule has 0 amide bonds. The fraction of sp³-hybridized carbons (Fsp3) is 0.438. The van der Waals surface area contributed by atoms with Gasteiger partial charge in [-0.25, -0.2) is 4.68 Å². The Balaban J connectivity index is 2.91. The van der Waals surface area contributed by atoms with Crippen LogP contribution in [-0.2, 0) is 6.42 Å². The summed E-state index contributed by atoms with van der Waals surface area (Å²) in [5, 5.41) is 15.1. The number of hydrogen-bond acceptors (Lipinski definition) is 3. The molecule has 21 heavy (non-hydrogen) atoms. The van der Waals surface area contributed by atoms with Crippen LogP contribution >= 0.6 is 0 Å². The molecule has 5 heteroatoms. The van der Waals surface area contributed by atoms with Crippen molar-refractivity contribution < 1.29 is 4.92 Å². The van der Waals surface area contributed by atoms with E-state index >= 15 is 0 Å². The van der Waals surface area contributed by atoms with E-state index in [4.69, 9.17) is 0 Å². The monoisotopic (exact) mass is 289 g/mol. The minimum atomic E-state index is -0.421. The first-order chi connectivity index (χ1) is 9.85. The zero-order chi connectivity index (χ0) is 16.0. The maximum atomic E-state index is 10.6. The highest BCUT2D eigenvalue weighted by Gasteiger charge is 2.10. The van der Waals surface area contributed by atoms with E-state index in [-0.39, 0.29) is 5.70 Å². The Kier molecular flexibility index (Phi) is 6.09. The van der Waals surface area contributed by atoms with Gasteiger partial charge in [-0.3, -0.25) is 10.1 Å². The van der Waals surface area contributed by atoms with Crippen LogP contribution in [0.25, 0.3) is 5.70 Å². The van der Waals surface area contributed by atoms with E-state index in [0.717, 1.165) is 12.1 Å². The van der Waals surface area contributed by atoms with Gasteiger partial charge in [0.1, 0.15) is 0 Å². The lowest BCUT2D eigenvalue weighted by molar-refractivity contribution is -0.424. The minimum Gasteiger partial charge on any atom is -0.259 e. The Hall–Kier alpha value is -2.17. The molecule has 0 aliphatic heterocycles. The van der Waals surface area contributed by atoms with E-state index in [1.165, 1.54) is 13.0 Å². The van der Waals surface area contributed by atoms with Crippen LogP contribution in [-0.4, -0.2) is 14.7 Å². The molecule has 0 fully saturated rings. The summed E-state index contributed by atoms with van der Waals surface area (Å²) in [4.78, 5) is 10.2. The average Bonchev–Trinajstić information content (AvgIpc) is 2.87. The number of nitrogens with zero attached hydrogens (tertiary/aromatic N) is 3. The van der Waals surface area contributed by atoms with E-state index in [1.807, 2.05) is 12.3 Å². The molecule has 5 nitrogen and oxygen atoms in total. The molecule has 0 radical (unpaired) electrons. The predicted molar refractivity (Wildman–Crippen MR) is 85.2 cm³/mol. The van der Waals surface area contributed by atoms with Gasteiger partial charge in [0.25, 0.3) is 0 Å². The summed E-state index contributed by atoms with van der Waals surface area (Å²) in [6.45, 7) is 11.8. The first kappa shape index (κ1) is 16.9. The summed E-state index contributed by atoms with van der Waals surface area (Å²) in [5.74, 6) is 1.16. The van der Waals surface area contributed by atoms with Crippen LogP contribution in [0.2, 0.25) is 0 Å². The van der Waals surface area contributed by atoms with Crippen LogP contribution in [0, 0.1) is 22.0 Å². The summed E-state index contributed by atoms with van der Waals surface area (Å²) in [5.41, 5.74) is 1.80. The van der Waals surface area contributed by atoms with Crippen LogP contribution in [0.3, 0.4) is 0 Å². The van der Waals surface area contributed by atoms with E-state index in [0.29, 0.717) is 17.5 Å². The van der Waals surface area contributed by atoms with Gasteiger partial charge < -0.3 is 0 Å². The van der Waals surface area contributed by atoms with Gasteiger partial charge in [-0.2, -0.15) is 5.10 Å². The van der Waals surface area contributed by atoms with E-state index < -0.39 is 4.92 Å². The zero-order valence-electron chi connectivity index (χ0n) is 13.1. The molecule has 0 spiro atoms. The smallest absolute Gasteiger partial charge is 0.243 e. The van der Waals surface area contributed by atoms with Gasteiger partial charge in [0.05, 0.1) is 16.3 Å². The van der Waals surface area contributed by atoms with Crippen LogP contribution < -0.4 is 0 Å². The number of rotatable bonds is 7.